The van der Waals surface area contributed by atoms with Crippen molar-refractivity contribution in [2.24, 2.45) is 5.92 Å². The molecule has 0 radical (unpaired) electrons. The Morgan fingerprint density at radius 1 is 1.31 bits per heavy atom. The van der Waals surface area contributed by atoms with Crippen molar-refractivity contribution in [3.8, 4) is 0 Å². The van der Waals surface area contributed by atoms with Gasteiger partial charge in [-0.15, -0.1) is 0 Å². The van der Waals surface area contributed by atoms with Gasteiger partial charge in [-0.1, -0.05) is 13.3 Å². The Kier molecular flexibility index (Phi) is 6.73. The van der Waals surface area contributed by atoms with Crippen LogP contribution in [-0.4, -0.2) is 31.4 Å². The Hall–Kier alpha value is -0.350. The van der Waals surface area contributed by atoms with E-state index in [1.807, 2.05) is 0 Å². The smallest absolute Gasteiger partial charge is 0.166 e. The molecule has 0 spiro atoms. The van der Waals surface area contributed by atoms with Crippen LogP contribution in [0.1, 0.15) is 39.0 Å². The second kappa shape index (κ2) is 7.85. The summed E-state index contributed by atoms with van der Waals surface area (Å²) in [6.45, 7) is 3.77. The van der Waals surface area contributed by atoms with Crippen molar-refractivity contribution < 1.29 is 4.74 Å². The topological polar surface area (TPSA) is 33.3 Å². The maximum absolute atomic E-state index is 5.23. The molecule has 0 aromatic heterocycles. The summed E-state index contributed by atoms with van der Waals surface area (Å²) in [5, 5.41) is 7.31. The molecule has 0 aromatic carbocycles. The first-order chi connectivity index (χ1) is 7.76. The van der Waals surface area contributed by atoms with E-state index in [0.717, 1.165) is 17.6 Å². The average Bonchev–Trinajstić information content (AvgIpc) is 2.30. The zero-order valence-electron chi connectivity index (χ0n) is 10.4. The summed E-state index contributed by atoms with van der Waals surface area (Å²) in [5.41, 5.74) is 0. The average molecular weight is 244 g/mol. The summed E-state index contributed by atoms with van der Waals surface area (Å²) in [5.74, 6) is 0.938. The molecule has 0 bridgehead atoms. The minimum absolute atomic E-state index is 0.574. The monoisotopic (exact) mass is 244 g/mol. The Morgan fingerprint density at radius 2 is 2.00 bits per heavy atom. The molecule has 94 valence electrons. The molecule has 1 aliphatic carbocycles. The van der Waals surface area contributed by atoms with Crippen LogP contribution in [0.15, 0.2) is 0 Å². The van der Waals surface area contributed by atoms with Gasteiger partial charge in [0.25, 0.3) is 0 Å². The van der Waals surface area contributed by atoms with Gasteiger partial charge >= 0.3 is 0 Å². The predicted octanol–water partition coefficient (Wildman–Crippen LogP) is 2.07. The van der Waals surface area contributed by atoms with Gasteiger partial charge in [-0.2, -0.15) is 0 Å². The third-order valence-electron chi connectivity index (χ3n) is 3.35. The molecular formula is C12H24N2OS. The summed E-state index contributed by atoms with van der Waals surface area (Å²) >= 11 is 5.23. The summed E-state index contributed by atoms with van der Waals surface area (Å²) < 4.78 is 4.96. The zero-order chi connectivity index (χ0) is 11.8. The third kappa shape index (κ3) is 5.12. The van der Waals surface area contributed by atoms with Crippen molar-refractivity contribution in [1.29, 1.82) is 0 Å². The predicted molar refractivity (Wildman–Crippen MR) is 71.6 cm³/mol. The minimum Gasteiger partial charge on any atom is -0.383 e. The largest absolute Gasteiger partial charge is 0.383 e. The van der Waals surface area contributed by atoms with E-state index in [1.54, 1.807) is 7.11 Å². The van der Waals surface area contributed by atoms with Crippen molar-refractivity contribution in [1.82, 2.24) is 10.6 Å². The number of hydrogen-bond acceptors (Lipinski definition) is 2. The van der Waals surface area contributed by atoms with Gasteiger partial charge in [0, 0.05) is 19.7 Å². The van der Waals surface area contributed by atoms with Gasteiger partial charge < -0.3 is 15.4 Å². The maximum atomic E-state index is 5.23. The number of ether oxygens (including phenoxy) is 1. The molecule has 0 aromatic rings. The van der Waals surface area contributed by atoms with E-state index in [2.05, 4.69) is 17.6 Å². The van der Waals surface area contributed by atoms with Crippen LogP contribution in [0, 0.1) is 5.92 Å². The molecule has 4 heteroatoms. The number of methoxy groups -OCH3 is 1. The molecule has 2 N–H and O–H groups in total. The van der Waals surface area contributed by atoms with Crippen LogP contribution in [-0.2, 0) is 4.74 Å². The SMILES string of the molecule is CCC1CCC(NC(=S)NCCOC)CC1. The lowest BCUT2D eigenvalue weighted by atomic mass is 9.85. The van der Waals surface area contributed by atoms with Crippen molar-refractivity contribution in [3.63, 3.8) is 0 Å². The van der Waals surface area contributed by atoms with Crippen LogP contribution in [0.5, 0.6) is 0 Å². The summed E-state index contributed by atoms with van der Waals surface area (Å²) in [4.78, 5) is 0. The van der Waals surface area contributed by atoms with Crippen molar-refractivity contribution in [3.05, 3.63) is 0 Å². The quantitative estimate of drug-likeness (QED) is 0.573. The van der Waals surface area contributed by atoms with Crippen LogP contribution in [0.25, 0.3) is 0 Å². The van der Waals surface area contributed by atoms with E-state index in [4.69, 9.17) is 17.0 Å². The van der Waals surface area contributed by atoms with Gasteiger partial charge in [-0.3, -0.25) is 0 Å². The highest BCUT2D eigenvalue weighted by atomic mass is 32.1. The number of rotatable bonds is 5. The lowest BCUT2D eigenvalue weighted by Crippen LogP contribution is -2.44. The fraction of sp³-hybridized carbons (Fsp3) is 0.917. The fourth-order valence-corrected chi connectivity index (χ4v) is 2.49. The molecule has 0 saturated heterocycles. The molecule has 0 atom stereocenters. The molecule has 3 nitrogen and oxygen atoms in total. The van der Waals surface area contributed by atoms with E-state index in [1.165, 1.54) is 32.1 Å². The molecule has 0 aliphatic heterocycles. The van der Waals surface area contributed by atoms with E-state index in [-0.39, 0.29) is 0 Å². The fourth-order valence-electron chi connectivity index (χ4n) is 2.22. The van der Waals surface area contributed by atoms with Crippen molar-refractivity contribution in [2.75, 3.05) is 20.3 Å². The summed E-state index contributed by atoms with van der Waals surface area (Å²) in [7, 11) is 1.70. The van der Waals surface area contributed by atoms with Crippen LogP contribution in [0.3, 0.4) is 0 Å². The maximum Gasteiger partial charge on any atom is 0.166 e. The second-order valence-corrected chi connectivity index (χ2v) is 4.93. The van der Waals surface area contributed by atoms with Crippen molar-refractivity contribution >= 4 is 17.3 Å². The molecule has 0 unspecified atom stereocenters. The second-order valence-electron chi connectivity index (χ2n) is 4.52. The molecule has 0 heterocycles. The van der Waals surface area contributed by atoms with Crippen LogP contribution in [0.4, 0.5) is 0 Å². The summed E-state index contributed by atoms with van der Waals surface area (Å²) in [6, 6.07) is 0.574. The highest BCUT2D eigenvalue weighted by Crippen LogP contribution is 2.26. The van der Waals surface area contributed by atoms with Gasteiger partial charge in [-0.25, -0.2) is 0 Å². The molecule has 1 rings (SSSR count). The first kappa shape index (κ1) is 13.7. The third-order valence-corrected chi connectivity index (χ3v) is 3.61. The zero-order valence-corrected chi connectivity index (χ0v) is 11.2. The van der Waals surface area contributed by atoms with Crippen LogP contribution >= 0.6 is 12.2 Å². The standard InChI is InChI=1S/C12H24N2OS/c1-3-10-4-6-11(7-5-10)14-12(16)13-8-9-15-2/h10-11H,3-9H2,1-2H3,(H2,13,14,16). The lowest BCUT2D eigenvalue weighted by Gasteiger charge is -2.29. The molecule has 0 amide bonds. The molecule has 1 fully saturated rings. The Morgan fingerprint density at radius 3 is 2.56 bits per heavy atom. The van der Waals surface area contributed by atoms with Crippen molar-refractivity contribution in [2.45, 2.75) is 45.1 Å². The number of nitrogens with one attached hydrogen (secondary N) is 2. The Balaban J connectivity index is 2.10. The van der Waals surface area contributed by atoms with Gasteiger partial charge in [0.15, 0.2) is 5.11 Å². The minimum atomic E-state index is 0.574. The van der Waals surface area contributed by atoms with E-state index >= 15 is 0 Å². The Bertz CT molecular complexity index is 203. The summed E-state index contributed by atoms with van der Waals surface area (Å²) in [6.07, 6.45) is 6.52. The van der Waals surface area contributed by atoms with Gasteiger partial charge in [0.2, 0.25) is 0 Å². The van der Waals surface area contributed by atoms with Gasteiger partial charge in [-0.05, 0) is 43.8 Å². The first-order valence-electron chi connectivity index (χ1n) is 6.29. The Labute approximate surface area is 104 Å². The molecule has 1 saturated carbocycles. The van der Waals surface area contributed by atoms with Gasteiger partial charge in [0.1, 0.15) is 0 Å². The highest BCUT2D eigenvalue weighted by molar-refractivity contribution is 7.80. The highest BCUT2D eigenvalue weighted by Gasteiger charge is 2.19. The lowest BCUT2D eigenvalue weighted by molar-refractivity contribution is 0.203. The van der Waals surface area contributed by atoms with Crippen LogP contribution < -0.4 is 10.6 Å². The van der Waals surface area contributed by atoms with Gasteiger partial charge in [0.05, 0.1) is 6.61 Å². The molecule has 16 heavy (non-hydrogen) atoms. The van der Waals surface area contributed by atoms with Crippen LogP contribution in [0.2, 0.25) is 0 Å². The van der Waals surface area contributed by atoms with E-state index in [0.29, 0.717) is 12.6 Å². The number of thiocarbonyl (C=S) groups is 1. The first-order valence-corrected chi connectivity index (χ1v) is 6.70. The van der Waals surface area contributed by atoms with E-state index < -0.39 is 0 Å². The molecular weight excluding hydrogens is 220 g/mol. The normalized spacial score (nSPS) is 25.1. The van der Waals surface area contributed by atoms with E-state index in [9.17, 15) is 0 Å². The molecule has 1 aliphatic rings. The number of hydrogen-bond donors (Lipinski definition) is 2.